The summed E-state index contributed by atoms with van der Waals surface area (Å²) < 4.78 is 4.88. The Bertz CT molecular complexity index is 541. The summed E-state index contributed by atoms with van der Waals surface area (Å²) in [5.74, 6) is -0.580. The number of esters is 1. The Morgan fingerprint density at radius 3 is 2.89 bits per heavy atom. The van der Waals surface area contributed by atoms with Crippen molar-refractivity contribution in [3.8, 4) is 5.75 Å². The molecule has 2 N–H and O–H groups in total. The van der Waals surface area contributed by atoms with E-state index in [1.807, 2.05) is 0 Å². The van der Waals surface area contributed by atoms with Gasteiger partial charge in [-0.15, -0.1) is 12.4 Å². The fourth-order valence-electron chi connectivity index (χ4n) is 1.67. The monoisotopic (exact) mass is 282 g/mol. The summed E-state index contributed by atoms with van der Waals surface area (Å²) in [4.78, 5) is 18.5. The van der Waals surface area contributed by atoms with Crippen molar-refractivity contribution in [2.24, 2.45) is 0 Å². The molecule has 6 heteroatoms. The van der Waals surface area contributed by atoms with Crippen molar-refractivity contribution < 1.29 is 14.6 Å². The molecule has 0 amide bonds. The van der Waals surface area contributed by atoms with Gasteiger partial charge in [-0.3, -0.25) is 0 Å². The molecule has 19 heavy (non-hydrogen) atoms. The summed E-state index contributed by atoms with van der Waals surface area (Å²) in [7, 11) is 0. The lowest BCUT2D eigenvalue weighted by Gasteiger charge is -2.06. The zero-order valence-corrected chi connectivity index (χ0v) is 11.2. The average Bonchev–Trinajstić information content (AvgIpc) is 2.84. The third-order valence-corrected chi connectivity index (χ3v) is 2.51. The van der Waals surface area contributed by atoms with Gasteiger partial charge < -0.3 is 14.8 Å². The smallest absolute Gasteiger partial charge is 0.341 e. The molecule has 2 aromatic rings. The first-order valence-electron chi connectivity index (χ1n) is 5.67. The number of halogens is 1. The summed E-state index contributed by atoms with van der Waals surface area (Å²) in [6.45, 7) is 2.01. The van der Waals surface area contributed by atoms with Crippen LogP contribution in [0.5, 0.6) is 5.75 Å². The van der Waals surface area contributed by atoms with Gasteiger partial charge in [-0.05, 0) is 24.6 Å². The van der Waals surface area contributed by atoms with Gasteiger partial charge in [0, 0.05) is 18.3 Å². The number of aromatic nitrogens is 2. The van der Waals surface area contributed by atoms with Crippen molar-refractivity contribution in [2.45, 2.75) is 13.3 Å². The van der Waals surface area contributed by atoms with Crippen LogP contribution in [0.25, 0.3) is 0 Å². The molecule has 0 aliphatic heterocycles. The predicted molar refractivity (Wildman–Crippen MR) is 72.7 cm³/mol. The summed E-state index contributed by atoms with van der Waals surface area (Å²) in [6, 6.07) is 4.89. The van der Waals surface area contributed by atoms with E-state index in [0.29, 0.717) is 6.42 Å². The van der Waals surface area contributed by atoms with Crippen molar-refractivity contribution in [1.82, 2.24) is 9.97 Å². The maximum atomic E-state index is 11.6. The fraction of sp³-hybridized carbons (Fsp3) is 0.231. The first kappa shape index (κ1) is 15.0. The minimum Gasteiger partial charge on any atom is -0.507 e. The zero-order chi connectivity index (χ0) is 13.0. The molecule has 0 aliphatic carbocycles. The van der Waals surface area contributed by atoms with E-state index >= 15 is 0 Å². The van der Waals surface area contributed by atoms with Crippen LogP contribution in [-0.2, 0) is 11.2 Å². The van der Waals surface area contributed by atoms with E-state index in [9.17, 15) is 9.90 Å². The predicted octanol–water partition coefficient (Wildman–Crippen LogP) is 2.30. The van der Waals surface area contributed by atoms with Gasteiger partial charge >= 0.3 is 5.97 Å². The molecule has 1 aromatic carbocycles. The number of aromatic amines is 1. The molecule has 0 saturated carbocycles. The third kappa shape index (κ3) is 3.72. The highest BCUT2D eigenvalue weighted by Crippen LogP contribution is 2.20. The van der Waals surface area contributed by atoms with Gasteiger partial charge in [0.05, 0.1) is 12.9 Å². The van der Waals surface area contributed by atoms with Crippen LogP contribution in [0.1, 0.15) is 28.5 Å². The summed E-state index contributed by atoms with van der Waals surface area (Å²) in [5, 5.41) is 9.64. The Balaban J connectivity index is 0.00000180. The number of rotatable bonds is 4. The van der Waals surface area contributed by atoms with Crippen LogP contribution in [0, 0.1) is 0 Å². The normalized spacial score (nSPS) is 9.74. The van der Waals surface area contributed by atoms with Crippen LogP contribution in [0.15, 0.2) is 30.7 Å². The number of nitrogens with zero attached hydrogens (tertiary/aromatic N) is 1. The molecular weight excluding hydrogens is 268 g/mol. The Labute approximate surface area is 117 Å². The van der Waals surface area contributed by atoms with Gasteiger partial charge in [0.25, 0.3) is 0 Å². The lowest BCUT2D eigenvalue weighted by atomic mass is 10.1. The average molecular weight is 283 g/mol. The molecule has 0 fully saturated rings. The Morgan fingerprint density at radius 1 is 1.47 bits per heavy atom. The number of carbonyl (C=O) groups is 1. The number of hydrogen-bond acceptors (Lipinski definition) is 4. The zero-order valence-electron chi connectivity index (χ0n) is 10.4. The molecule has 0 saturated heterocycles. The van der Waals surface area contributed by atoms with Crippen LogP contribution in [0.3, 0.4) is 0 Å². The summed E-state index contributed by atoms with van der Waals surface area (Å²) >= 11 is 0. The summed E-state index contributed by atoms with van der Waals surface area (Å²) in [6.07, 6.45) is 3.94. The van der Waals surface area contributed by atoms with Gasteiger partial charge in [0.2, 0.25) is 0 Å². The standard InChI is InChI=1S/C13H14N2O3.ClH/c1-2-18-13(17)11-6-9(3-4-12(11)16)5-10-7-14-8-15-10;/h3-4,6-8,16H,2,5H2,1H3,(H,14,15);1H. The molecule has 102 valence electrons. The lowest BCUT2D eigenvalue weighted by molar-refractivity contribution is 0.0523. The highest BCUT2D eigenvalue weighted by atomic mass is 35.5. The quantitative estimate of drug-likeness (QED) is 0.844. The minimum atomic E-state index is -0.513. The molecule has 5 nitrogen and oxygen atoms in total. The molecule has 2 rings (SSSR count). The van der Waals surface area contributed by atoms with Crippen LogP contribution in [0.2, 0.25) is 0 Å². The number of ether oxygens (including phenoxy) is 1. The van der Waals surface area contributed by atoms with E-state index in [2.05, 4.69) is 9.97 Å². The molecule has 0 radical (unpaired) electrons. The van der Waals surface area contributed by atoms with Crippen molar-refractivity contribution in [2.75, 3.05) is 6.61 Å². The van der Waals surface area contributed by atoms with Crippen molar-refractivity contribution in [3.63, 3.8) is 0 Å². The Kier molecular flexibility index (Phi) is 5.38. The Hall–Kier alpha value is -2.01. The highest BCUT2D eigenvalue weighted by molar-refractivity contribution is 5.92. The fourth-order valence-corrected chi connectivity index (χ4v) is 1.67. The first-order chi connectivity index (χ1) is 8.70. The van der Waals surface area contributed by atoms with Crippen molar-refractivity contribution >= 4 is 18.4 Å². The number of nitrogens with one attached hydrogen (secondary N) is 1. The van der Waals surface area contributed by atoms with Gasteiger partial charge in [-0.25, -0.2) is 9.78 Å². The topological polar surface area (TPSA) is 75.2 Å². The second-order valence-corrected chi connectivity index (χ2v) is 3.83. The SMILES string of the molecule is CCOC(=O)c1cc(Cc2cnc[nH]2)ccc1O.Cl. The van der Waals surface area contributed by atoms with Gasteiger partial charge in [0.15, 0.2) is 0 Å². The molecule has 0 bridgehead atoms. The highest BCUT2D eigenvalue weighted by Gasteiger charge is 2.13. The van der Waals surface area contributed by atoms with Gasteiger partial charge in [0.1, 0.15) is 11.3 Å². The second kappa shape index (κ2) is 6.80. The molecular formula is C13H15ClN2O3. The number of carbonyl (C=O) groups excluding carboxylic acids is 1. The molecule has 1 heterocycles. The molecule has 0 aliphatic rings. The Morgan fingerprint density at radius 2 is 2.26 bits per heavy atom. The molecule has 0 unspecified atom stereocenters. The number of phenolic OH excluding ortho intramolecular Hbond substituents is 1. The number of aromatic hydroxyl groups is 1. The van der Waals surface area contributed by atoms with Crippen molar-refractivity contribution in [3.05, 3.63) is 47.5 Å². The van der Waals surface area contributed by atoms with Crippen LogP contribution >= 0.6 is 12.4 Å². The molecule has 1 aromatic heterocycles. The first-order valence-corrected chi connectivity index (χ1v) is 5.67. The molecule has 0 atom stereocenters. The number of hydrogen-bond donors (Lipinski definition) is 2. The summed E-state index contributed by atoms with van der Waals surface area (Å²) in [5.41, 5.74) is 2.03. The number of H-pyrrole nitrogens is 1. The van der Waals surface area contributed by atoms with Crippen LogP contribution in [-0.4, -0.2) is 27.7 Å². The van der Waals surface area contributed by atoms with Crippen LogP contribution in [0.4, 0.5) is 0 Å². The van der Waals surface area contributed by atoms with Gasteiger partial charge in [-0.2, -0.15) is 0 Å². The van der Waals surface area contributed by atoms with E-state index in [-0.39, 0.29) is 30.3 Å². The van der Waals surface area contributed by atoms with E-state index < -0.39 is 5.97 Å². The maximum absolute atomic E-state index is 11.6. The number of phenols is 1. The lowest BCUT2D eigenvalue weighted by Crippen LogP contribution is -2.05. The van der Waals surface area contributed by atoms with E-state index in [0.717, 1.165) is 11.3 Å². The minimum absolute atomic E-state index is 0. The van der Waals surface area contributed by atoms with E-state index in [4.69, 9.17) is 4.74 Å². The number of benzene rings is 1. The largest absolute Gasteiger partial charge is 0.507 e. The van der Waals surface area contributed by atoms with Crippen LogP contribution < -0.4 is 0 Å². The maximum Gasteiger partial charge on any atom is 0.341 e. The third-order valence-electron chi connectivity index (χ3n) is 2.51. The van der Waals surface area contributed by atoms with E-state index in [1.165, 1.54) is 6.07 Å². The second-order valence-electron chi connectivity index (χ2n) is 3.83. The van der Waals surface area contributed by atoms with Gasteiger partial charge in [-0.1, -0.05) is 6.07 Å². The molecule has 0 spiro atoms. The number of imidazole rings is 1. The van der Waals surface area contributed by atoms with E-state index in [1.54, 1.807) is 31.6 Å². The van der Waals surface area contributed by atoms with Crippen molar-refractivity contribution in [1.29, 1.82) is 0 Å².